The number of hydrogen-bond acceptors (Lipinski definition) is 5. The second-order valence-corrected chi connectivity index (χ2v) is 20.6. The molecule has 7 heteroatoms. The molecule has 0 unspecified atom stereocenters. The van der Waals surface area contributed by atoms with Crippen molar-refractivity contribution in [3.05, 3.63) is 249 Å². The Labute approximate surface area is 439 Å². The van der Waals surface area contributed by atoms with E-state index in [1.807, 2.05) is 6.07 Å². The largest absolute Gasteiger partial charge is 0.455 e. The first kappa shape index (κ1) is 42.5. The smallest absolute Gasteiger partial charge is 0.167 e. The lowest BCUT2D eigenvalue weighted by molar-refractivity contribution is 0.669. The van der Waals surface area contributed by atoms with Crippen molar-refractivity contribution in [2.75, 3.05) is 0 Å². The zero-order chi connectivity index (χ0) is 49.8. The van der Waals surface area contributed by atoms with E-state index in [0.29, 0.717) is 17.5 Å². The van der Waals surface area contributed by atoms with Gasteiger partial charge in [0.15, 0.2) is 17.5 Å². The Morgan fingerprint density at radius 1 is 0.329 bits per heavy atom. The Balaban J connectivity index is 0.943. The average Bonchev–Trinajstić information content (AvgIpc) is 4.29. The van der Waals surface area contributed by atoms with Crippen molar-refractivity contribution in [2.45, 2.75) is 0 Å². The van der Waals surface area contributed by atoms with E-state index in [1.165, 1.54) is 36.5 Å². The van der Waals surface area contributed by atoms with Gasteiger partial charge >= 0.3 is 0 Å². The van der Waals surface area contributed by atoms with E-state index in [9.17, 15) is 0 Å². The number of para-hydroxylation sites is 4. The minimum atomic E-state index is 0.538. The van der Waals surface area contributed by atoms with Crippen molar-refractivity contribution >= 4 is 97.1 Å². The van der Waals surface area contributed by atoms with Gasteiger partial charge in [-0.2, -0.15) is 0 Å². The van der Waals surface area contributed by atoms with Gasteiger partial charge in [-0.25, -0.2) is 15.0 Å². The van der Waals surface area contributed by atoms with E-state index in [-0.39, 0.29) is 0 Å². The van der Waals surface area contributed by atoms with Gasteiger partial charge in [-0.1, -0.05) is 170 Å². The summed E-state index contributed by atoms with van der Waals surface area (Å²) in [5.41, 5.74) is 15.3. The van der Waals surface area contributed by atoms with Crippen LogP contribution in [0.1, 0.15) is 0 Å². The van der Waals surface area contributed by atoms with Crippen LogP contribution < -0.4 is 0 Å². The summed E-state index contributed by atoms with van der Waals surface area (Å²) < 4.78 is 14.2. The standard InChI is InChI=1S/C69H41N5OS/c1-3-17-42(18-4-1)44-21-13-22-47(39-44)73-57-30-10-7-23-48(57)50-26-15-33-60(65(50)73)74-58-31-11-8-25-52(58)64-53(28-16-32-59(64)74)68-70-67(46-36-38-63-56(41-46)49-24-9-12-34-62(49)76-63)71-69(72-68)54-29-14-27-51-55-40-45(43-19-5-2-6-20-43)35-37-61(55)75-66(51)54/h1-41H. The summed E-state index contributed by atoms with van der Waals surface area (Å²) in [5, 5.41) is 8.97. The van der Waals surface area contributed by atoms with E-state index in [2.05, 4.69) is 252 Å². The molecule has 0 aliphatic rings. The first-order valence-electron chi connectivity index (χ1n) is 25.6. The number of aromatic nitrogens is 5. The third kappa shape index (κ3) is 6.56. The van der Waals surface area contributed by atoms with Gasteiger partial charge in [-0.05, 0) is 101 Å². The molecule has 11 aromatic carbocycles. The van der Waals surface area contributed by atoms with Crippen molar-refractivity contribution in [3.63, 3.8) is 0 Å². The van der Waals surface area contributed by atoms with Crippen LogP contribution in [0.15, 0.2) is 253 Å². The molecule has 16 rings (SSSR count). The van der Waals surface area contributed by atoms with Gasteiger partial charge in [0.1, 0.15) is 11.2 Å². The number of nitrogens with zero attached hydrogens (tertiary/aromatic N) is 5. The van der Waals surface area contributed by atoms with E-state index >= 15 is 0 Å². The second kappa shape index (κ2) is 16.8. The fraction of sp³-hybridized carbons (Fsp3) is 0. The Kier molecular flexibility index (Phi) is 9.40. The fourth-order valence-electron chi connectivity index (χ4n) is 11.8. The Bertz CT molecular complexity index is 5010. The van der Waals surface area contributed by atoms with Gasteiger partial charge in [0, 0.05) is 69.3 Å². The van der Waals surface area contributed by atoms with Crippen molar-refractivity contribution < 1.29 is 4.42 Å². The third-order valence-electron chi connectivity index (χ3n) is 15.2. The molecule has 6 nitrogen and oxygen atoms in total. The lowest BCUT2D eigenvalue weighted by atomic mass is 10.0. The maximum atomic E-state index is 6.82. The predicted octanol–water partition coefficient (Wildman–Crippen LogP) is 18.7. The van der Waals surface area contributed by atoms with Crippen LogP contribution >= 0.6 is 11.3 Å². The van der Waals surface area contributed by atoms with Crippen molar-refractivity contribution in [2.24, 2.45) is 0 Å². The molecule has 76 heavy (non-hydrogen) atoms. The van der Waals surface area contributed by atoms with Crippen LogP contribution in [0.2, 0.25) is 0 Å². The van der Waals surface area contributed by atoms with Crippen LogP contribution in [0.3, 0.4) is 0 Å². The molecule has 0 aliphatic heterocycles. The van der Waals surface area contributed by atoms with E-state index in [0.717, 1.165) is 99.5 Å². The van der Waals surface area contributed by atoms with Crippen molar-refractivity contribution in [1.29, 1.82) is 0 Å². The van der Waals surface area contributed by atoms with E-state index < -0.39 is 0 Å². The molecule has 0 saturated carbocycles. The minimum Gasteiger partial charge on any atom is -0.455 e. The van der Waals surface area contributed by atoms with Gasteiger partial charge < -0.3 is 13.6 Å². The lowest BCUT2D eigenvalue weighted by Crippen LogP contribution is -2.01. The summed E-state index contributed by atoms with van der Waals surface area (Å²) in [7, 11) is 0. The quantitative estimate of drug-likeness (QED) is 0.160. The maximum absolute atomic E-state index is 6.82. The normalized spacial score (nSPS) is 11.9. The molecule has 0 N–H and O–H groups in total. The van der Waals surface area contributed by atoms with Gasteiger partial charge in [-0.3, -0.25) is 0 Å². The van der Waals surface area contributed by atoms with Crippen LogP contribution in [0.4, 0.5) is 0 Å². The SMILES string of the molecule is c1ccc(-c2cccc(-n3c4ccccc4c4cccc(-n5c6ccccc6c6c(-c7nc(-c8ccc9sc%10ccccc%10c9c8)nc(-c8cccc9c8oc8ccc(-c%10ccccc%10)cc89)n7)cccc65)c43)c2)cc1. The summed E-state index contributed by atoms with van der Waals surface area (Å²) in [4.78, 5) is 16.4. The first-order valence-corrected chi connectivity index (χ1v) is 26.4. The minimum absolute atomic E-state index is 0.538. The number of benzene rings is 11. The maximum Gasteiger partial charge on any atom is 0.167 e. The molecule has 0 aliphatic carbocycles. The monoisotopic (exact) mass is 987 g/mol. The topological polar surface area (TPSA) is 61.7 Å². The Morgan fingerprint density at radius 2 is 0.895 bits per heavy atom. The van der Waals surface area contributed by atoms with Crippen LogP contribution in [0.25, 0.3) is 154 Å². The van der Waals surface area contributed by atoms with Crippen molar-refractivity contribution in [1.82, 2.24) is 24.1 Å². The Morgan fingerprint density at radius 3 is 1.72 bits per heavy atom. The third-order valence-corrected chi connectivity index (χ3v) is 16.3. The summed E-state index contributed by atoms with van der Waals surface area (Å²) in [6.45, 7) is 0. The van der Waals surface area contributed by atoms with Gasteiger partial charge in [0.05, 0.1) is 33.3 Å². The molecule has 16 aromatic rings. The highest BCUT2D eigenvalue weighted by Crippen LogP contribution is 2.44. The van der Waals surface area contributed by atoms with Gasteiger partial charge in [0.25, 0.3) is 0 Å². The molecule has 0 bridgehead atoms. The molecule has 0 saturated heterocycles. The number of furan rings is 1. The van der Waals surface area contributed by atoms with E-state index in [4.69, 9.17) is 19.4 Å². The molecule has 0 amide bonds. The molecular weight excluding hydrogens is 947 g/mol. The summed E-state index contributed by atoms with van der Waals surface area (Å²) in [6, 6.07) is 88.7. The van der Waals surface area contributed by atoms with Crippen LogP contribution in [-0.4, -0.2) is 24.1 Å². The van der Waals surface area contributed by atoms with Crippen molar-refractivity contribution in [3.8, 4) is 67.8 Å². The van der Waals surface area contributed by atoms with Gasteiger partial charge in [0.2, 0.25) is 0 Å². The van der Waals surface area contributed by atoms with Crippen LogP contribution in [-0.2, 0) is 0 Å². The zero-order valence-electron chi connectivity index (χ0n) is 40.7. The molecule has 354 valence electrons. The first-order chi connectivity index (χ1) is 37.7. The lowest BCUT2D eigenvalue weighted by Gasteiger charge is -2.15. The molecular formula is C69H41N5OS. The number of thiophene rings is 1. The summed E-state index contributed by atoms with van der Waals surface area (Å²) in [6.07, 6.45) is 0. The van der Waals surface area contributed by atoms with Gasteiger partial charge in [-0.15, -0.1) is 11.3 Å². The summed E-state index contributed by atoms with van der Waals surface area (Å²) in [5.74, 6) is 1.70. The molecule has 5 aromatic heterocycles. The number of rotatable bonds is 7. The average molecular weight is 988 g/mol. The zero-order valence-corrected chi connectivity index (χ0v) is 41.5. The molecule has 0 spiro atoms. The summed E-state index contributed by atoms with van der Waals surface area (Å²) >= 11 is 1.80. The highest BCUT2D eigenvalue weighted by molar-refractivity contribution is 7.25. The van der Waals surface area contributed by atoms with Crippen LogP contribution in [0, 0.1) is 0 Å². The molecule has 0 fully saturated rings. The highest BCUT2D eigenvalue weighted by atomic mass is 32.1. The molecule has 0 atom stereocenters. The molecule has 5 heterocycles. The predicted molar refractivity (Wildman–Crippen MR) is 316 cm³/mol. The fourth-order valence-corrected chi connectivity index (χ4v) is 12.9. The highest BCUT2D eigenvalue weighted by Gasteiger charge is 2.25. The van der Waals surface area contributed by atoms with Crippen LogP contribution in [0.5, 0.6) is 0 Å². The second-order valence-electron chi connectivity index (χ2n) is 19.5. The Hall–Kier alpha value is -9.95. The van der Waals surface area contributed by atoms with E-state index in [1.54, 1.807) is 11.3 Å². The molecule has 0 radical (unpaired) electrons. The number of fused-ring (bicyclic) bond motifs is 12. The number of hydrogen-bond donors (Lipinski definition) is 0.